The Balaban J connectivity index is 2.08. The molecule has 104 valence electrons. The van der Waals surface area contributed by atoms with Gasteiger partial charge in [-0.2, -0.15) is 4.98 Å². The number of hydrogen-bond acceptors (Lipinski definition) is 6. The zero-order valence-electron chi connectivity index (χ0n) is 10.2. The summed E-state index contributed by atoms with van der Waals surface area (Å²) in [6.45, 7) is 3.04. The van der Waals surface area contributed by atoms with Crippen LogP contribution in [0.1, 0.15) is 25.2 Å². The second kappa shape index (κ2) is 6.67. The Hall–Kier alpha value is -0.660. The van der Waals surface area contributed by atoms with Crippen LogP contribution in [0.25, 0.3) is 11.5 Å². The zero-order valence-corrected chi connectivity index (χ0v) is 12.6. The molecule has 0 amide bonds. The van der Waals surface area contributed by atoms with Crippen molar-refractivity contribution in [2.75, 3.05) is 13.2 Å². The molecule has 19 heavy (non-hydrogen) atoms. The molecule has 0 spiro atoms. The first-order valence-corrected chi connectivity index (χ1v) is 7.31. The molecule has 0 aliphatic carbocycles. The largest absolute Gasteiger partial charge is 0.379 e. The average molecular weight is 322 g/mol. The maximum atomic E-state index is 6.02. The molecule has 8 heteroatoms. The number of rotatable bonds is 6. The van der Waals surface area contributed by atoms with E-state index in [9.17, 15) is 0 Å². The Morgan fingerprint density at radius 1 is 1.53 bits per heavy atom. The molecule has 1 atom stereocenters. The second-order valence-electron chi connectivity index (χ2n) is 3.88. The third-order valence-corrected chi connectivity index (χ3v) is 3.79. The van der Waals surface area contributed by atoms with Crippen LogP contribution in [-0.2, 0) is 4.74 Å². The molecule has 0 aliphatic rings. The fraction of sp³-hybridized carbons (Fsp3) is 0.455. The standard InChI is InChI=1S/C11H13Cl2N3O2S/c1-2-3-17-5-7(14)10-15-11(18-16-10)6-4-8(12)19-9(6)13/h4,7H,2-3,5,14H2,1H3. The first-order valence-electron chi connectivity index (χ1n) is 5.74. The van der Waals surface area contributed by atoms with Crippen molar-refractivity contribution in [3.8, 4) is 11.5 Å². The van der Waals surface area contributed by atoms with Gasteiger partial charge in [-0.25, -0.2) is 0 Å². The van der Waals surface area contributed by atoms with E-state index in [1.165, 1.54) is 11.3 Å². The van der Waals surface area contributed by atoms with Gasteiger partial charge in [-0.15, -0.1) is 11.3 Å². The van der Waals surface area contributed by atoms with Gasteiger partial charge in [0.05, 0.1) is 22.5 Å². The van der Waals surface area contributed by atoms with Crippen LogP contribution >= 0.6 is 34.5 Å². The third kappa shape index (κ3) is 3.67. The number of hydrogen-bond donors (Lipinski definition) is 1. The normalized spacial score (nSPS) is 12.8. The Bertz CT molecular complexity index is 544. The summed E-state index contributed by atoms with van der Waals surface area (Å²) in [6, 6.07) is 1.27. The molecule has 0 radical (unpaired) electrons. The summed E-state index contributed by atoms with van der Waals surface area (Å²) < 4.78 is 11.6. The molecular formula is C11H13Cl2N3O2S. The maximum Gasteiger partial charge on any atom is 0.260 e. The van der Waals surface area contributed by atoms with E-state index in [2.05, 4.69) is 10.1 Å². The molecule has 0 aromatic carbocycles. The van der Waals surface area contributed by atoms with Crippen molar-refractivity contribution in [3.05, 3.63) is 20.6 Å². The van der Waals surface area contributed by atoms with Crippen molar-refractivity contribution in [1.82, 2.24) is 10.1 Å². The number of halogens is 2. The highest BCUT2D eigenvalue weighted by Crippen LogP contribution is 2.37. The molecule has 2 aromatic rings. The second-order valence-corrected chi connectivity index (χ2v) is 6.16. The van der Waals surface area contributed by atoms with Gasteiger partial charge in [0, 0.05) is 6.61 Å². The van der Waals surface area contributed by atoms with E-state index in [1.807, 2.05) is 6.92 Å². The highest BCUT2D eigenvalue weighted by molar-refractivity contribution is 7.20. The minimum absolute atomic E-state index is 0.314. The van der Waals surface area contributed by atoms with Gasteiger partial charge in [0.15, 0.2) is 5.82 Å². The molecule has 2 heterocycles. The van der Waals surface area contributed by atoms with E-state index in [-0.39, 0.29) is 0 Å². The van der Waals surface area contributed by atoms with Crippen LogP contribution in [-0.4, -0.2) is 23.4 Å². The smallest absolute Gasteiger partial charge is 0.260 e. The predicted octanol–water partition coefficient (Wildman–Crippen LogP) is 3.53. The molecule has 0 saturated carbocycles. The van der Waals surface area contributed by atoms with Crippen LogP contribution < -0.4 is 5.73 Å². The van der Waals surface area contributed by atoms with Gasteiger partial charge in [-0.05, 0) is 12.5 Å². The fourth-order valence-electron chi connectivity index (χ4n) is 1.41. The lowest BCUT2D eigenvalue weighted by Gasteiger charge is -2.06. The molecule has 5 nitrogen and oxygen atoms in total. The molecule has 2 N–H and O–H groups in total. The monoisotopic (exact) mass is 321 g/mol. The van der Waals surface area contributed by atoms with Crippen LogP contribution in [0.3, 0.4) is 0 Å². The van der Waals surface area contributed by atoms with E-state index in [4.69, 9.17) is 38.2 Å². The van der Waals surface area contributed by atoms with E-state index < -0.39 is 6.04 Å². The van der Waals surface area contributed by atoms with E-state index in [0.29, 0.717) is 39.2 Å². The molecule has 1 unspecified atom stereocenters. The number of ether oxygens (including phenoxy) is 1. The van der Waals surface area contributed by atoms with E-state index in [1.54, 1.807) is 6.07 Å². The zero-order chi connectivity index (χ0) is 13.8. The minimum atomic E-state index is -0.420. The van der Waals surface area contributed by atoms with Crippen LogP contribution in [0.5, 0.6) is 0 Å². The molecule has 0 saturated heterocycles. The third-order valence-electron chi connectivity index (χ3n) is 2.31. The van der Waals surface area contributed by atoms with Gasteiger partial charge in [-0.1, -0.05) is 35.3 Å². The summed E-state index contributed by atoms with van der Waals surface area (Å²) in [5.41, 5.74) is 6.53. The number of nitrogens with two attached hydrogens (primary N) is 1. The van der Waals surface area contributed by atoms with Crippen LogP contribution in [0.15, 0.2) is 10.6 Å². The fourth-order valence-corrected chi connectivity index (χ4v) is 2.86. The Morgan fingerprint density at radius 3 is 2.95 bits per heavy atom. The number of thiophene rings is 1. The van der Waals surface area contributed by atoms with E-state index in [0.717, 1.165) is 6.42 Å². The summed E-state index contributed by atoms with van der Waals surface area (Å²) in [6.07, 6.45) is 0.938. The Labute approximate surface area is 124 Å². The SMILES string of the molecule is CCCOCC(N)c1noc(-c2cc(Cl)sc2Cl)n1. The van der Waals surface area contributed by atoms with Gasteiger partial charge in [0.25, 0.3) is 5.89 Å². The lowest BCUT2D eigenvalue weighted by Crippen LogP contribution is -2.18. The highest BCUT2D eigenvalue weighted by atomic mass is 35.5. The van der Waals surface area contributed by atoms with Crippen molar-refractivity contribution in [2.24, 2.45) is 5.73 Å². The van der Waals surface area contributed by atoms with Crippen LogP contribution in [0.4, 0.5) is 0 Å². The lowest BCUT2D eigenvalue weighted by molar-refractivity contribution is 0.119. The van der Waals surface area contributed by atoms with Gasteiger partial charge < -0.3 is 15.0 Å². The summed E-state index contributed by atoms with van der Waals surface area (Å²) in [5, 5.41) is 3.83. The molecule has 0 fully saturated rings. The molecule has 2 rings (SSSR count). The Kier molecular flexibility index (Phi) is 5.18. The van der Waals surface area contributed by atoms with Gasteiger partial charge in [-0.3, -0.25) is 0 Å². The quantitative estimate of drug-likeness (QED) is 0.824. The summed E-state index contributed by atoms with van der Waals surface area (Å²) >= 11 is 13.1. The minimum Gasteiger partial charge on any atom is -0.379 e. The maximum absolute atomic E-state index is 6.02. The van der Waals surface area contributed by atoms with Crippen molar-refractivity contribution in [1.29, 1.82) is 0 Å². The first-order chi connectivity index (χ1) is 9.11. The Morgan fingerprint density at radius 2 is 2.32 bits per heavy atom. The van der Waals surface area contributed by atoms with Crippen LogP contribution in [0, 0.1) is 0 Å². The van der Waals surface area contributed by atoms with Gasteiger partial charge in [0.1, 0.15) is 4.34 Å². The summed E-state index contributed by atoms with van der Waals surface area (Å²) in [4.78, 5) is 4.21. The summed E-state index contributed by atoms with van der Waals surface area (Å²) in [7, 11) is 0. The predicted molar refractivity (Wildman–Crippen MR) is 75.7 cm³/mol. The molecule has 0 aliphatic heterocycles. The molecule has 2 aromatic heterocycles. The van der Waals surface area contributed by atoms with Gasteiger partial charge in [0.2, 0.25) is 0 Å². The van der Waals surface area contributed by atoms with Crippen molar-refractivity contribution >= 4 is 34.5 Å². The van der Waals surface area contributed by atoms with Crippen LogP contribution in [0.2, 0.25) is 8.67 Å². The first kappa shape index (κ1) is 14.7. The lowest BCUT2D eigenvalue weighted by atomic mass is 10.3. The topological polar surface area (TPSA) is 74.2 Å². The molecule has 0 bridgehead atoms. The van der Waals surface area contributed by atoms with Crippen molar-refractivity contribution in [2.45, 2.75) is 19.4 Å². The number of nitrogens with zero attached hydrogens (tertiary/aromatic N) is 2. The number of aromatic nitrogens is 2. The van der Waals surface area contributed by atoms with E-state index >= 15 is 0 Å². The average Bonchev–Trinajstić information content (AvgIpc) is 2.96. The van der Waals surface area contributed by atoms with Crippen molar-refractivity contribution in [3.63, 3.8) is 0 Å². The molecular weight excluding hydrogens is 309 g/mol. The summed E-state index contributed by atoms with van der Waals surface area (Å²) in [5.74, 6) is 0.707. The van der Waals surface area contributed by atoms with Gasteiger partial charge >= 0.3 is 0 Å². The highest BCUT2D eigenvalue weighted by Gasteiger charge is 2.18. The van der Waals surface area contributed by atoms with Crippen molar-refractivity contribution < 1.29 is 9.26 Å².